The molecule has 0 amide bonds. The summed E-state index contributed by atoms with van der Waals surface area (Å²) >= 11 is 0. The molecule has 0 aliphatic rings. The minimum Gasteiger partial charge on any atom is -0.333 e. The minimum atomic E-state index is -4.99. The summed E-state index contributed by atoms with van der Waals surface area (Å²) in [6, 6.07) is 9.02. The van der Waals surface area contributed by atoms with Gasteiger partial charge in [-0.15, -0.1) is 0 Å². The predicted octanol–water partition coefficient (Wildman–Crippen LogP) is 6.51. The predicted molar refractivity (Wildman–Crippen MR) is 123 cm³/mol. The van der Waals surface area contributed by atoms with Crippen LogP contribution in [0.5, 0.6) is 0 Å². The molecule has 194 valence electrons. The SMILES string of the molecule is Cc1c(F)cccc1-c1nc2cn[n+](Cc3ccc(-c4ccc(C(F)(F)F)cc4C(F)(F)F)cn3)cc2[nH]1. The maximum Gasteiger partial charge on any atom is 0.417 e. The molecule has 5 nitrogen and oxygen atoms in total. The monoisotopic (exact) mass is 532 g/mol. The van der Waals surface area contributed by atoms with Crippen molar-refractivity contribution in [3.63, 3.8) is 0 Å². The average Bonchev–Trinajstić information content (AvgIpc) is 3.28. The van der Waals surface area contributed by atoms with Gasteiger partial charge in [-0.25, -0.2) is 9.37 Å². The largest absolute Gasteiger partial charge is 0.417 e. The molecule has 12 heteroatoms. The Labute approximate surface area is 210 Å². The summed E-state index contributed by atoms with van der Waals surface area (Å²) in [6.45, 7) is 1.80. The van der Waals surface area contributed by atoms with Crippen LogP contribution in [0.25, 0.3) is 33.5 Å². The highest BCUT2D eigenvalue weighted by Gasteiger charge is 2.38. The van der Waals surface area contributed by atoms with Gasteiger partial charge in [-0.05, 0) is 47.4 Å². The molecule has 0 saturated heterocycles. The van der Waals surface area contributed by atoms with Crippen molar-refractivity contribution in [1.29, 1.82) is 0 Å². The van der Waals surface area contributed by atoms with Gasteiger partial charge in [-0.3, -0.25) is 4.98 Å². The Kier molecular flexibility index (Phi) is 6.12. The van der Waals surface area contributed by atoms with Crippen LogP contribution in [0.1, 0.15) is 22.4 Å². The van der Waals surface area contributed by atoms with Crippen molar-refractivity contribution < 1.29 is 35.4 Å². The number of pyridine rings is 1. The Morgan fingerprint density at radius 1 is 0.895 bits per heavy atom. The lowest BCUT2D eigenvalue weighted by Gasteiger charge is -2.16. The van der Waals surface area contributed by atoms with Crippen LogP contribution >= 0.6 is 0 Å². The molecule has 0 atom stereocenters. The summed E-state index contributed by atoms with van der Waals surface area (Å²) in [7, 11) is 0. The van der Waals surface area contributed by atoms with E-state index in [1.807, 2.05) is 0 Å². The zero-order chi connectivity index (χ0) is 27.2. The summed E-state index contributed by atoms with van der Waals surface area (Å²) in [5.74, 6) is 0.111. The molecule has 0 bridgehead atoms. The van der Waals surface area contributed by atoms with E-state index >= 15 is 0 Å². The van der Waals surface area contributed by atoms with Crippen LogP contribution < -0.4 is 4.68 Å². The van der Waals surface area contributed by atoms with Gasteiger partial charge in [0.2, 0.25) is 12.7 Å². The van der Waals surface area contributed by atoms with Gasteiger partial charge < -0.3 is 4.98 Å². The zero-order valence-corrected chi connectivity index (χ0v) is 19.5. The molecule has 5 aromatic rings. The number of aromatic amines is 1. The standard InChI is InChI=1S/C26H16F7N5/c1-14-18(3-2-4-21(14)27)24-36-22-11-35-38(13-23(22)37-24)12-17-7-5-15(10-34-17)19-8-6-16(25(28,29)30)9-20(19)26(31,32)33/h2-11,13H,12H2,1H3/p+1. The van der Waals surface area contributed by atoms with Gasteiger partial charge in [0.1, 0.15) is 34.6 Å². The van der Waals surface area contributed by atoms with Crippen LogP contribution in [0, 0.1) is 12.7 Å². The molecule has 1 N–H and O–H groups in total. The molecule has 3 aromatic heterocycles. The van der Waals surface area contributed by atoms with Crippen molar-refractivity contribution in [2.75, 3.05) is 0 Å². The molecule has 5 rings (SSSR count). The van der Waals surface area contributed by atoms with E-state index in [2.05, 4.69) is 20.1 Å². The number of nitrogens with zero attached hydrogens (tertiary/aromatic N) is 4. The topological polar surface area (TPSA) is 58.3 Å². The van der Waals surface area contributed by atoms with Crippen LogP contribution in [-0.2, 0) is 18.9 Å². The number of fused-ring (bicyclic) bond motifs is 1. The van der Waals surface area contributed by atoms with Crippen LogP contribution in [0.4, 0.5) is 30.7 Å². The molecule has 3 heterocycles. The molecule has 0 fully saturated rings. The molecule has 0 aliphatic carbocycles. The van der Waals surface area contributed by atoms with Crippen molar-refractivity contribution >= 4 is 11.0 Å². The summed E-state index contributed by atoms with van der Waals surface area (Å²) < 4.78 is 94.9. The third-order valence-corrected chi connectivity index (χ3v) is 6.00. The summed E-state index contributed by atoms with van der Waals surface area (Å²) in [6.07, 6.45) is -5.55. The van der Waals surface area contributed by atoms with E-state index in [0.717, 1.165) is 6.07 Å². The second-order valence-electron chi connectivity index (χ2n) is 8.56. The second kappa shape index (κ2) is 9.19. The van der Waals surface area contributed by atoms with E-state index in [4.69, 9.17) is 0 Å². The lowest BCUT2D eigenvalue weighted by Crippen LogP contribution is -2.38. The van der Waals surface area contributed by atoms with Crippen molar-refractivity contribution in [2.24, 2.45) is 0 Å². The first kappa shape index (κ1) is 25.3. The number of aromatic nitrogens is 5. The van der Waals surface area contributed by atoms with Crippen LogP contribution in [-0.4, -0.2) is 20.1 Å². The second-order valence-corrected chi connectivity index (χ2v) is 8.56. The third-order valence-electron chi connectivity index (χ3n) is 6.00. The quantitative estimate of drug-likeness (QED) is 0.212. The molecule has 38 heavy (non-hydrogen) atoms. The van der Waals surface area contributed by atoms with Crippen molar-refractivity contribution in [2.45, 2.75) is 25.8 Å². The van der Waals surface area contributed by atoms with Gasteiger partial charge in [-0.2, -0.15) is 26.3 Å². The Morgan fingerprint density at radius 2 is 1.68 bits per heavy atom. The number of alkyl halides is 6. The van der Waals surface area contributed by atoms with E-state index < -0.39 is 29.0 Å². The minimum absolute atomic E-state index is 0.0203. The Morgan fingerprint density at radius 3 is 2.37 bits per heavy atom. The molecule has 0 spiro atoms. The number of hydrogen-bond donors (Lipinski definition) is 1. The number of benzene rings is 2. The van der Waals surface area contributed by atoms with Gasteiger partial charge in [0.05, 0.1) is 11.1 Å². The van der Waals surface area contributed by atoms with E-state index in [0.29, 0.717) is 39.7 Å². The molecule has 2 aromatic carbocycles. The lowest BCUT2D eigenvalue weighted by atomic mass is 9.98. The van der Waals surface area contributed by atoms with Crippen molar-refractivity contribution in [3.8, 4) is 22.5 Å². The number of rotatable bonds is 4. The first-order chi connectivity index (χ1) is 17.9. The molecule has 0 saturated carbocycles. The highest BCUT2D eigenvalue weighted by Crippen LogP contribution is 2.40. The summed E-state index contributed by atoms with van der Waals surface area (Å²) in [5, 5.41) is 4.27. The fraction of sp³-hybridized carbons (Fsp3) is 0.154. The lowest BCUT2D eigenvalue weighted by molar-refractivity contribution is -0.745. The van der Waals surface area contributed by atoms with E-state index in [9.17, 15) is 30.7 Å². The van der Waals surface area contributed by atoms with Crippen LogP contribution in [0.15, 0.2) is 67.1 Å². The number of imidazole rings is 1. The smallest absolute Gasteiger partial charge is 0.333 e. The maximum atomic E-state index is 13.9. The van der Waals surface area contributed by atoms with Gasteiger partial charge in [-0.1, -0.05) is 28.9 Å². The molecule has 0 radical (unpaired) electrons. The van der Waals surface area contributed by atoms with Crippen molar-refractivity contribution in [1.82, 2.24) is 20.1 Å². The molecular weight excluding hydrogens is 515 g/mol. The maximum absolute atomic E-state index is 13.9. The molecule has 0 unspecified atom stereocenters. The number of H-pyrrole nitrogens is 1. The number of halogens is 7. The molecule has 0 aliphatic heterocycles. The van der Waals surface area contributed by atoms with Gasteiger partial charge >= 0.3 is 12.4 Å². The Balaban J connectivity index is 1.41. The normalized spacial score (nSPS) is 12.3. The van der Waals surface area contributed by atoms with Crippen LogP contribution in [0.2, 0.25) is 0 Å². The van der Waals surface area contributed by atoms with Gasteiger partial charge in [0.15, 0.2) is 0 Å². The summed E-state index contributed by atoms with van der Waals surface area (Å²) in [5.41, 5.74) is -0.504. The third kappa shape index (κ3) is 4.93. The Bertz CT molecular complexity index is 1640. The molecular formula is C26H17F7N5+. The highest BCUT2D eigenvalue weighted by molar-refractivity contribution is 5.77. The van der Waals surface area contributed by atoms with Crippen LogP contribution in [0.3, 0.4) is 0 Å². The van der Waals surface area contributed by atoms with Crippen molar-refractivity contribution in [3.05, 3.63) is 95.3 Å². The van der Waals surface area contributed by atoms with E-state index in [-0.39, 0.29) is 24.0 Å². The Hall–Kier alpha value is -4.35. The number of nitrogens with one attached hydrogen (secondary N) is 1. The first-order valence-electron chi connectivity index (χ1n) is 11.1. The highest BCUT2D eigenvalue weighted by atomic mass is 19.4. The average molecular weight is 532 g/mol. The first-order valence-corrected chi connectivity index (χ1v) is 11.1. The van der Waals surface area contributed by atoms with Gasteiger partial charge in [0, 0.05) is 17.3 Å². The summed E-state index contributed by atoms with van der Waals surface area (Å²) in [4.78, 5) is 11.8. The zero-order valence-electron chi connectivity index (χ0n) is 19.5. The van der Waals surface area contributed by atoms with Gasteiger partial charge in [0.25, 0.3) is 0 Å². The fourth-order valence-corrected chi connectivity index (χ4v) is 4.04. The fourth-order valence-electron chi connectivity index (χ4n) is 4.04. The number of hydrogen-bond acceptors (Lipinski definition) is 3. The van der Waals surface area contributed by atoms with E-state index in [1.54, 1.807) is 25.3 Å². The van der Waals surface area contributed by atoms with E-state index in [1.165, 1.54) is 35.3 Å².